The lowest BCUT2D eigenvalue weighted by Gasteiger charge is -2.07. The van der Waals surface area contributed by atoms with Crippen LogP contribution in [0.25, 0.3) is 0 Å². The quantitative estimate of drug-likeness (QED) is 0.516. The zero-order chi connectivity index (χ0) is 5.86. The van der Waals surface area contributed by atoms with E-state index in [-0.39, 0.29) is 6.04 Å². The molecule has 0 spiro atoms. The van der Waals surface area contributed by atoms with Crippen LogP contribution in [0.4, 0.5) is 0 Å². The number of nitrogens with two attached hydrogens (primary N) is 1. The normalized spacial score (nSPS) is 18.1. The molecule has 0 amide bonds. The third-order valence-electron chi connectivity index (χ3n) is 1.20. The van der Waals surface area contributed by atoms with Crippen LogP contribution in [0.2, 0.25) is 0 Å². The highest BCUT2D eigenvalue weighted by atomic mass is 14.6. The number of hydrogen-bond donors (Lipinski definition) is 1. The van der Waals surface area contributed by atoms with E-state index in [0.29, 0.717) is 5.92 Å². The molecule has 0 bridgehead atoms. The Morgan fingerprint density at radius 2 is 2.00 bits per heavy atom. The highest BCUT2D eigenvalue weighted by Gasteiger charge is 1.98. The maximum atomic E-state index is 5.48. The molecule has 0 aromatic heterocycles. The Morgan fingerprint density at radius 3 is 2.00 bits per heavy atom. The minimum absolute atomic E-state index is 0.248. The molecule has 1 heteroatoms. The SMILES string of the molecule is C=C[C@@H](C)C(C)N. The van der Waals surface area contributed by atoms with Crippen LogP contribution in [-0.2, 0) is 0 Å². The Labute approximate surface area is 45.2 Å². The van der Waals surface area contributed by atoms with Crippen molar-refractivity contribution in [3.8, 4) is 0 Å². The Kier molecular flexibility index (Phi) is 2.68. The fraction of sp³-hybridized carbons (Fsp3) is 0.667. The Morgan fingerprint density at radius 1 is 1.57 bits per heavy atom. The van der Waals surface area contributed by atoms with Crippen molar-refractivity contribution in [2.24, 2.45) is 11.7 Å². The van der Waals surface area contributed by atoms with Crippen molar-refractivity contribution >= 4 is 0 Å². The van der Waals surface area contributed by atoms with Crippen LogP contribution in [0.1, 0.15) is 13.8 Å². The van der Waals surface area contributed by atoms with Crippen LogP contribution < -0.4 is 5.73 Å². The zero-order valence-electron chi connectivity index (χ0n) is 5.02. The van der Waals surface area contributed by atoms with Crippen molar-refractivity contribution in [2.45, 2.75) is 19.9 Å². The summed E-state index contributed by atoms with van der Waals surface area (Å²) >= 11 is 0. The van der Waals surface area contributed by atoms with E-state index in [1.807, 2.05) is 13.0 Å². The molecule has 2 atom stereocenters. The summed E-state index contributed by atoms with van der Waals surface area (Å²) in [4.78, 5) is 0. The van der Waals surface area contributed by atoms with Crippen molar-refractivity contribution in [1.82, 2.24) is 0 Å². The highest BCUT2D eigenvalue weighted by molar-refractivity contribution is 4.80. The molecule has 0 rings (SSSR count). The van der Waals surface area contributed by atoms with Crippen LogP contribution >= 0.6 is 0 Å². The van der Waals surface area contributed by atoms with Gasteiger partial charge in [-0.3, -0.25) is 0 Å². The molecular formula is C6H13N. The van der Waals surface area contributed by atoms with Gasteiger partial charge in [0.05, 0.1) is 0 Å². The van der Waals surface area contributed by atoms with Crippen LogP contribution in [0.15, 0.2) is 12.7 Å². The highest BCUT2D eigenvalue weighted by Crippen LogP contribution is 1.97. The smallest absolute Gasteiger partial charge is 0.00706 e. The van der Waals surface area contributed by atoms with Gasteiger partial charge in [-0.15, -0.1) is 6.58 Å². The van der Waals surface area contributed by atoms with E-state index in [4.69, 9.17) is 5.73 Å². The standard InChI is InChI=1S/C6H13N/c1-4-5(2)6(3)7/h4-6H,1,7H2,2-3H3/t5-,6?/m1/s1. The molecule has 0 aromatic rings. The third kappa shape index (κ3) is 2.40. The average Bonchev–Trinajstić information content (AvgIpc) is 1.65. The van der Waals surface area contributed by atoms with Crippen molar-refractivity contribution in [3.63, 3.8) is 0 Å². The van der Waals surface area contributed by atoms with Gasteiger partial charge in [0.25, 0.3) is 0 Å². The van der Waals surface area contributed by atoms with E-state index in [9.17, 15) is 0 Å². The van der Waals surface area contributed by atoms with Gasteiger partial charge < -0.3 is 5.73 Å². The molecule has 0 fully saturated rings. The Balaban J connectivity index is 3.33. The monoisotopic (exact) mass is 99.1 g/mol. The minimum atomic E-state index is 0.248. The molecule has 0 saturated heterocycles. The maximum absolute atomic E-state index is 5.48. The van der Waals surface area contributed by atoms with Gasteiger partial charge in [-0.25, -0.2) is 0 Å². The molecule has 1 unspecified atom stereocenters. The lowest BCUT2D eigenvalue weighted by Crippen LogP contribution is -2.22. The predicted molar refractivity (Wildman–Crippen MR) is 33.0 cm³/mol. The summed E-state index contributed by atoms with van der Waals surface area (Å²) in [6.07, 6.45) is 1.87. The summed E-state index contributed by atoms with van der Waals surface area (Å²) in [5.74, 6) is 0.444. The molecule has 0 aromatic carbocycles. The molecule has 0 radical (unpaired) electrons. The third-order valence-corrected chi connectivity index (χ3v) is 1.20. The lowest BCUT2D eigenvalue weighted by molar-refractivity contribution is 0.583. The van der Waals surface area contributed by atoms with Gasteiger partial charge in [-0.1, -0.05) is 13.0 Å². The molecule has 0 heterocycles. The zero-order valence-corrected chi connectivity index (χ0v) is 5.02. The molecule has 1 nitrogen and oxygen atoms in total. The topological polar surface area (TPSA) is 26.0 Å². The molecule has 2 N–H and O–H groups in total. The summed E-state index contributed by atoms with van der Waals surface area (Å²) < 4.78 is 0. The van der Waals surface area contributed by atoms with Crippen molar-refractivity contribution in [1.29, 1.82) is 0 Å². The molecule has 0 saturated carbocycles. The van der Waals surface area contributed by atoms with Crippen LogP contribution in [0.3, 0.4) is 0 Å². The average molecular weight is 99.2 g/mol. The Hall–Kier alpha value is -0.300. The van der Waals surface area contributed by atoms with Gasteiger partial charge in [0.2, 0.25) is 0 Å². The first kappa shape index (κ1) is 6.70. The van der Waals surface area contributed by atoms with E-state index in [2.05, 4.69) is 13.5 Å². The van der Waals surface area contributed by atoms with Gasteiger partial charge in [0.1, 0.15) is 0 Å². The maximum Gasteiger partial charge on any atom is 0.00706 e. The second-order valence-electron chi connectivity index (χ2n) is 1.95. The summed E-state index contributed by atoms with van der Waals surface area (Å²) in [5, 5.41) is 0. The van der Waals surface area contributed by atoms with E-state index in [1.54, 1.807) is 0 Å². The molecule has 0 aliphatic rings. The molecule has 7 heavy (non-hydrogen) atoms. The lowest BCUT2D eigenvalue weighted by atomic mass is 10.1. The Bertz CT molecular complexity index is 57.2. The summed E-state index contributed by atoms with van der Waals surface area (Å²) in [7, 11) is 0. The fourth-order valence-electron chi connectivity index (χ4n) is 0.215. The van der Waals surface area contributed by atoms with Gasteiger partial charge >= 0.3 is 0 Å². The summed E-state index contributed by atoms with van der Waals surface area (Å²) in [5.41, 5.74) is 5.48. The first-order valence-corrected chi connectivity index (χ1v) is 2.56. The van der Waals surface area contributed by atoms with Crippen molar-refractivity contribution in [2.75, 3.05) is 0 Å². The minimum Gasteiger partial charge on any atom is -0.327 e. The second kappa shape index (κ2) is 2.80. The number of rotatable bonds is 2. The van der Waals surface area contributed by atoms with E-state index in [1.165, 1.54) is 0 Å². The molecular weight excluding hydrogens is 86.1 g/mol. The number of hydrogen-bond acceptors (Lipinski definition) is 1. The van der Waals surface area contributed by atoms with Gasteiger partial charge in [0.15, 0.2) is 0 Å². The van der Waals surface area contributed by atoms with Crippen molar-refractivity contribution in [3.05, 3.63) is 12.7 Å². The van der Waals surface area contributed by atoms with Gasteiger partial charge in [0, 0.05) is 6.04 Å². The first-order chi connectivity index (χ1) is 3.18. The molecule has 0 aliphatic heterocycles. The molecule has 42 valence electrons. The van der Waals surface area contributed by atoms with Crippen LogP contribution in [0.5, 0.6) is 0 Å². The van der Waals surface area contributed by atoms with E-state index < -0.39 is 0 Å². The first-order valence-electron chi connectivity index (χ1n) is 2.56. The van der Waals surface area contributed by atoms with E-state index in [0.717, 1.165) is 0 Å². The molecule has 0 aliphatic carbocycles. The second-order valence-corrected chi connectivity index (χ2v) is 1.95. The fourth-order valence-corrected chi connectivity index (χ4v) is 0.215. The van der Waals surface area contributed by atoms with Crippen LogP contribution in [0, 0.1) is 5.92 Å². The summed E-state index contributed by atoms with van der Waals surface area (Å²) in [6, 6.07) is 0.248. The largest absolute Gasteiger partial charge is 0.327 e. The van der Waals surface area contributed by atoms with E-state index >= 15 is 0 Å². The van der Waals surface area contributed by atoms with Crippen LogP contribution in [-0.4, -0.2) is 6.04 Å². The van der Waals surface area contributed by atoms with Crippen molar-refractivity contribution < 1.29 is 0 Å². The summed E-state index contributed by atoms with van der Waals surface area (Å²) in [6.45, 7) is 7.63. The van der Waals surface area contributed by atoms with Gasteiger partial charge in [-0.2, -0.15) is 0 Å². The van der Waals surface area contributed by atoms with Gasteiger partial charge in [-0.05, 0) is 12.8 Å². The predicted octanol–water partition coefficient (Wildman–Crippen LogP) is 1.16.